The number of aliphatic hydroxyl groups excluding tert-OH is 6. The van der Waals surface area contributed by atoms with Crippen molar-refractivity contribution in [3.8, 4) is 11.3 Å². The quantitative estimate of drug-likeness (QED) is 0.0321. The van der Waals surface area contributed by atoms with Crippen molar-refractivity contribution in [1.82, 2.24) is 45.5 Å². The number of methoxy groups -OCH3 is 1. The Morgan fingerprint density at radius 2 is 1.61 bits per heavy atom. The SMILES string of the molecule is COCC(CO)(COS(=O)(=O)O)Cn1cc(C(=O)NCCCC(=O)C2CC(n3cc(-c4ccccc4)nn3)[C@@H](O[C@@H]3OC(C)[C@@H](O)[C@H](O)C3O)[C@H](O[C@@H]3O[C@@H](CO)[C@H](O)C(O[C@@H](CC4CCCCC4)C(=O)N4CCC4)C3NC(C)=O)C2)nn1. The molecule has 3 aliphatic heterocycles. The molecule has 7 unspecified atom stereocenters. The first-order valence-corrected chi connectivity index (χ1v) is 29.6. The van der Waals surface area contributed by atoms with Gasteiger partial charge in [0.25, 0.3) is 11.8 Å². The third-order valence-corrected chi connectivity index (χ3v) is 16.7. The van der Waals surface area contributed by atoms with E-state index in [2.05, 4.69) is 35.4 Å². The van der Waals surface area contributed by atoms with E-state index in [0.717, 1.165) is 38.5 Å². The molecule has 5 fully saturated rings. The van der Waals surface area contributed by atoms with E-state index < -0.39 is 139 Å². The summed E-state index contributed by atoms with van der Waals surface area (Å²) < 4.78 is 76.8. The van der Waals surface area contributed by atoms with E-state index in [1.807, 2.05) is 30.3 Å². The van der Waals surface area contributed by atoms with Crippen LogP contribution in [0.1, 0.15) is 101 Å². The van der Waals surface area contributed by atoms with Gasteiger partial charge < -0.3 is 74.6 Å². The van der Waals surface area contributed by atoms with Crippen molar-refractivity contribution in [3.63, 3.8) is 0 Å². The van der Waals surface area contributed by atoms with Gasteiger partial charge in [-0.3, -0.25) is 28.4 Å². The zero-order valence-electron chi connectivity index (χ0n) is 46.7. The fourth-order valence-corrected chi connectivity index (χ4v) is 12.0. The van der Waals surface area contributed by atoms with Gasteiger partial charge in [0.2, 0.25) is 5.91 Å². The first-order chi connectivity index (χ1) is 39.7. The van der Waals surface area contributed by atoms with E-state index in [9.17, 15) is 58.2 Å². The van der Waals surface area contributed by atoms with Crippen molar-refractivity contribution < 1.29 is 95.4 Å². The minimum absolute atomic E-state index is 0.0134. The van der Waals surface area contributed by atoms with Crippen molar-refractivity contribution >= 4 is 33.9 Å². The van der Waals surface area contributed by atoms with Crippen LogP contribution in [-0.2, 0) is 63.9 Å². The second-order valence-electron chi connectivity index (χ2n) is 22.5. The van der Waals surface area contributed by atoms with Crippen LogP contribution in [0.5, 0.6) is 0 Å². The molecule has 9 N–H and O–H groups in total. The summed E-state index contributed by atoms with van der Waals surface area (Å²) in [5.41, 5.74) is -0.431. The van der Waals surface area contributed by atoms with Crippen molar-refractivity contribution in [2.24, 2.45) is 17.3 Å². The Balaban J connectivity index is 1.07. The van der Waals surface area contributed by atoms with Gasteiger partial charge in [0, 0.05) is 51.6 Å². The molecule has 16 atom stereocenters. The number of aliphatic hydroxyl groups is 6. The molecule has 5 heterocycles. The summed E-state index contributed by atoms with van der Waals surface area (Å²) in [7, 11) is -3.57. The van der Waals surface area contributed by atoms with Gasteiger partial charge in [-0.25, -0.2) is 8.86 Å². The molecule has 0 spiro atoms. The van der Waals surface area contributed by atoms with Crippen LogP contribution in [0, 0.1) is 17.3 Å². The van der Waals surface area contributed by atoms with E-state index in [1.165, 1.54) is 36.5 Å². The van der Waals surface area contributed by atoms with Gasteiger partial charge in [-0.05, 0) is 44.9 Å². The first-order valence-electron chi connectivity index (χ1n) is 28.3. The second-order valence-corrected chi connectivity index (χ2v) is 23.6. The van der Waals surface area contributed by atoms with Gasteiger partial charge in [-0.1, -0.05) is 72.9 Å². The summed E-state index contributed by atoms with van der Waals surface area (Å²) in [5.74, 6) is -2.54. The molecular weight excluding hydrogens is 1110 g/mol. The molecule has 0 bridgehead atoms. The molecular formula is C53H79N9O20S. The predicted octanol–water partition coefficient (Wildman–Crippen LogP) is -1.15. The summed E-state index contributed by atoms with van der Waals surface area (Å²) in [4.78, 5) is 57.1. The van der Waals surface area contributed by atoms with E-state index in [1.54, 1.807) is 11.1 Å². The molecule has 3 aromatic rings. The monoisotopic (exact) mass is 1190 g/mol. The maximum absolute atomic E-state index is 14.7. The lowest BCUT2D eigenvalue weighted by atomic mass is 9.78. The minimum atomic E-state index is -4.88. The molecule has 83 heavy (non-hydrogen) atoms. The molecule has 3 amide bonds. The zero-order valence-corrected chi connectivity index (χ0v) is 47.5. The highest BCUT2D eigenvalue weighted by Gasteiger charge is 2.54. The van der Waals surface area contributed by atoms with Crippen LogP contribution >= 0.6 is 0 Å². The summed E-state index contributed by atoms with van der Waals surface area (Å²) in [6.07, 6.45) is -8.44. The smallest absolute Gasteiger partial charge is 0.396 e. The Hall–Kier alpha value is -5.03. The van der Waals surface area contributed by atoms with Gasteiger partial charge in [0.15, 0.2) is 18.3 Å². The van der Waals surface area contributed by atoms with E-state index in [0.29, 0.717) is 30.8 Å². The number of aromatic nitrogens is 6. The highest BCUT2D eigenvalue weighted by molar-refractivity contribution is 7.80. The molecule has 30 heteroatoms. The average molecular weight is 1190 g/mol. The number of hydrogen-bond donors (Lipinski definition) is 9. The molecule has 8 rings (SSSR count). The number of rotatable bonds is 27. The molecule has 0 radical (unpaired) electrons. The standard InChI is InChI=1S/C53H79N9O20S/c1-30-43(67)45(69)46(70)52(78-30)82-47-37(62-24-35(56-59-62)33-14-8-5-9-15-33)21-34(38(66)16-10-17-54-49(71)36-23-61(58-57-36)26-53(27-64,28-76-3)29-77-83(73,74)75)22-39(47)80-51-42(55-31(2)65)48(44(68)41(25-63)81-51)79-40(50(72)60-18-11-19-60)20-32-12-6-4-7-13-32/h5,8-9,14-15,23-24,30,32,34,37,39-48,51-52,63-64,67-70H,4,6-7,10-13,16-22,25-29H2,1-3H3,(H,54,71)(H,55,65)(H,73,74,75)/t30?,34?,37?,39-,40+,41+,42?,43-,44+,45+,46?,47-,48?,51-,52+,53?/m1/s1. The molecule has 3 saturated heterocycles. The van der Waals surface area contributed by atoms with Crippen LogP contribution in [0.4, 0.5) is 0 Å². The normalized spacial score (nSPS) is 30.9. The van der Waals surface area contributed by atoms with Crippen LogP contribution in [-0.4, -0.2) is 235 Å². The molecule has 2 saturated carbocycles. The Kier molecular flexibility index (Phi) is 22.3. The summed E-state index contributed by atoms with van der Waals surface area (Å²) in [5, 5.41) is 88.3. The number of nitrogens with zero attached hydrogens (tertiary/aromatic N) is 7. The number of ether oxygens (including phenoxy) is 6. The lowest BCUT2D eigenvalue weighted by molar-refractivity contribution is -0.337. The van der Waals surface area contributed by atoms with Gasteiger partial charge >= 0.3 is 10.4 Å². The van der Waals surface area contributed by atoms with Crippen LogP contribution in [0.2, 0.25) is 0 Å². The summed E-state index contributed by atoms with van der Waals surface area (Å²) in [6.45, 7) is 1.20. The fourth-order valence-electron chi connectivity index (χ4n) is 11.6. The van der Waals surface area contributed by atoms with Crippen LogP contribution in [0.3, 0.4) is 0 Å². The van der Waals surface area contributed by atoms with Crippen molar-refractivity contribution in [2.75, 3.05) is 53.2 Å². The average Bonchev–Trinajstić information content (AvgIpc) is 3.60. The Labute approximate surface area is 480 Å². The number of ketones is 1. The number of hydrogen-bond acceptors (Lipinski definition) is 23. The van der Waals surface area contributed by atoms with E-state index in [-0.39, 0.29) is 68.7 Å². The molecule has 29 nitrogen and oxygen atoms in total. The Bertz CT molecular complexity index is 2720. The molecule has 462 valence electrons. The largest absolute Gasteiger partial charge is 0.397 e. The van der Waals surface area contributed by atoms with Crippen LogP contribution in [0.15, 0.2) is 42.7 Å². The molecule has 1 aromatic carbocycles. The van der Waals surface area contributed by atoms with Gasteiger partial charge in [0.1, 0.15) is 66.4 Å². The maximum Gasteiger partial charge on any atom is 0.397 e. The second kappa shape index (κ2) is 28.9. The number of carbonyl (C=O) groups excluding carboxylic acids is 4. The molecule has 5 aliphatic rings. The number of amides is 3. The highest BCUT2D eigenvalue weighted by atomic mass is 32.3. The fraction of sp³-hybridized carbons (Fsp3) is 0.736. The molecule has 2 aliphatic carbocycles. The zero-order chi connectivity index (χ0) is 59.6. The third kappa shape index (κ3) is 16.3. The number of nitrogens with one attached hydrogen (secondary N) is 2. The lowest BCUT2D eigenvalue weighted by Gasteiger charge is -2.49. The third-order valence-electron chi connectivity index (χ3n) is 16.3. The summed E-state index contributed by atoms with van der Waals surface area (Å²) in [6, 6.07) is 6.78. The highest BCUT2D eigenvalue weighted by Crippen LogP contribution is 2.42. The first kappa shape index (κ1) is 64.0. The van der Waals surface area contributed by atoms with E-state index >= 15 is 0 Å². The van der Waals surface area contributed by atoms with Gasteiger partial charge in [-0.15, -0.1) is 10.2 Å². The number of carbonyl (C=O) groups is 4. The maximum atomic E-state index is 14.7. The summed E-state index contributed by atoms with van der Waals surface area (Å²) >= 11 is 0. The van der Waals surface area contributed by atoms with Crippen LogP contribution < -0.4 is 10.6 Å². The van der Waals surface area contributed by atoms with Crippen molar-refractivity contribution in [2.45, 2.75) is 177 Å². The Morgan fingerprint density at radius 1 is 0.867 bits per heavy atom. The predicted molar refractivity (Wildman–Crippen MR) is 285 cm³/mol. The lowest BCUT2D eigenvalue weighted by Crippen LogP contribution is -2.67. The van der Waals surface area contributed by atoms with Crippen molar-refractivity contribution in [3.05, 3.63) is 48.4 Å². The Morgan fingerprint density at radius 3 is 2.28 bits per heavy atom. The van der Waals surface area contributed by atoms with Crippen molar-refractivity contribution in [1.29, 1.82) is 0 Å². The van der Waals surface area contributed by atoms with Gasteiger partial charge in [0.05, 0.1) is 69.0 Å². The van der Waals surface area contributed by atoms with E-state index in [4.69, 9.17) is 33.0 Å². The number of likely N-dealkylation sites (tertiary alicyclic amines) is 1. The topological polar surface area (TPSA) is 397 Å². The van der Waals surface area contributed by atoms with Crippen LogP contribution in [0.25, 0.3) is 11.3 Å². The number of benzene rings is 1. The molecule has 2 aromatic heterocycles. The number of Topliss-reactive ketones (excluding diaryl/α,β-unsaturated/α-hetero) is 1. The van der Waals surface area contributed by atoms with Gasteiger partial charge in [-0.2, -0.15) is 8.42 Å². The minimum Gasteiger partial charge on any atom is -0.396 e.